The monoisotopic (exact) mass is 489 g/mol. The first kappa shape index (κ1) is 27.1. The number of hydrogen-bond donors (Lipinski definition) is 6. The summed E-state index contributed by atoms with van der Waals surface area (Å²) in [7, 11) is 0. The molecule has 13 nitrogen and oxygen atoms in total. The summed E-state index contributed by atoms with van der Waals surface area (Å²) in [5.74, 6) is -4.11. The molecular formula is C22H31N7O6. The Balaban J connectivity index is 2.14. The van der Waals surface area contributed by atoms with Crippen LogP contribution in [0.15, 0.2) is 35.3 Å². The second kappa shape index (κ2) is 12.9. The summed E-state index contributed by atoms with van der Waals surface area (Å²) in [6.45, 7) is 0.563. The number of carbonyl (C=O) groups excluding carboxylic acids is 4. The van der Waals surface area contributed by atoms with E-state index in [1.807, 2.05) is 0 Å². The first-order chi connectivity index (χ1) is 16.6. The van der Waals surface area contributed by atoms with Crippen LogP contribution in [-0.2, 0) is 19.2 Å². The molecule has 1 aromatic rings. The van der Waals surface area contributed by atoms with Crippen LogP contribution in [0.4, 0.5) is 0 Å². The van der Waals surface area contributed by atoms with Crippen LogP contribution in [0.1, 0.15) is 42.5 Å². The number of benzene rings is 1. The van der Waals surface area contributed by atoms with Crippen molar-refractivity contribution in [1.29, 1.82) is 0 Å². The maximum absolute atomic E-state index is 13.1. The van der Waals surface area contributed by atoms with E-state index < -0.39 is 48.2 Å². The molecule has 190 valence electrons. The van der Waals surface area contributed by atoms with Crippen molar-refractivity contribution < 1.29 is 29.1 Å². The van der Waals surface area contributed by atoms with Crippen molar-refractivity contribution in [3.05, 3.63) is 35.9 Å². The quantitative estimate of drug-likeness (QED) is 0.112. The van der Waals surface area contributed by atoms with Gasteiger partial charge in [0, 0.05) is 18.7 Å². The smallest absolute Gasteiger partial charge is 0.305 e. The molecule has 4 amide bonds. The topological polar surface area (TPSA) is 223 Å². The van der Waals surface area contributed by atoms with Gasteiger partial charge in [-0.05, 0) is 37.8 Å². The fourth-order valence-electron chi connectivity index (χ4n) is 3.74. The van der Waals surface area contributed by atoms with Gasteiger partial charge >= 0.3 is 5.97 Å². The summed E-state index contributed by atoms with van der Waals surface area (Å²) in [4.78, 5) is 66.7. The molecule has 1 fully saturated rings. The van der Waals surface area contributed by atoms with Gasteiger partial charge < -0.3 is 37.8 Å². The molecule has 1 saturated heterocycles. The Bertz CT molecular complexity index is 964. The van der Waals surface area contributed by atoms with Gasteiger partial charge in [-0.1, -0.05) is 18.2 Å². The summed E-state index contributed by atoms with van der Waals surface area (Å²) < 4.78 is 0. The van der Waals surface area contributed by atoms with Gasteiger partial charge in [-0.3, -0.25) is 29.0 Å². The third kappa shape index (κ3) is 8.28. The van der Waals surface area contributed by atoms with E-state index in [1.165, 1.54) is 4.90 Å². The van der Waals surface area contributed by atoms with Crippen molar-refractivity contribution in [2.75, 3.05) is 13.1 Å². The van der Waals surface area contributed by atoms with E-state index in [-0.39, 0.29) is 24.8 Å². The first-order valence-electron chi connectivity index (χ1n) is 11.1. The predicted molar refractivity (Wildman–Crippen MR) is 126 cm³/mol. The molecule has 0 aromatic heterocycles. The van der Waals surface area contributed by atoms with E-state index in [0.717, 1.165) is 0 Å². The number of carboxylic acids is 1. The molecule has 1 aliphatic rings. The lowest BCUT2D eigenvalue weighted by molar-refractivity contribution is -0.140. The number of guanidine groups is 1. The van der Waals surface area contributed by atoms with Gasteiger partial charge in [0.25, 0.3) is 5.91 Å². The number of nitrogens with one attached hydrogen (secondary N) is 2. The van der Waals surface area contributed by atoms with E-state index in [9.17, 15) is 24.0 Å². The molecule has 1 heterocycles. The highest BCUT2D eigenvalue weighted by Crippen LogP contribution is 2.21. The third-order valence-corrected chi connectivity index (χ3v) is 5.45. The second-order valence-corrected chi connectivity index (χ2v) is 8.09. The number of likely N-dealkylation sites (tertiary alicyclic amines) is 1. The zero-order valence-corrected chi connectivity index (χ0v) is 19.2. The van der Waals surface area contributed by atoms with Crippen LogP contribution in [0, 0.1) is 0 Å². The second-order valence-electron chi connectivity index (χ2n) is 8.09. The van der Waals surface area contributed by atoms with Gasteiger partial charge in [0.1, 0.15) is 18.1 Å². The fourth-order valence-corrected chi connectivity index (χ4v) is 3.74. The molecular weight excluding hydrogens is 458 g/mol. The van der Waals surface area contributed by atoms with Crippen molar-refractivity contribution >= 4 is 35.6 Å². The molecule has 35 heavy (non-hydrogen) atoms. The van der Waals surface area contributed by atoms with E-state index in [4.69, 9.17) is 22.3 Å². The third-order valence-electron chi connectivity index (χ3n) is 5.45. The molecule has 0 radical (unpaired) electrons. The van der Waals surface area contributed by atoms with E-state index >= 15 is 0 Å². The summed E-state index contributed by atoms with van der Waals surface area (Å²) in [6.07, 6.45) is 0.702. The molecule has 13 heteroatoms. The summed E-state index contributed by atoms with van der Waals surface area (Å²) in [6, 6.07) is 5.15. The Labute approximate surface area is 202 Å². The van der Waals surface area contributed by atoms with Gasteiger partial charge in [-0.2, -0.15) is 0 Å². The Hall–Kier alpha value is -4.16. The number of aliphatic imine (C=N–C) groups is 1. The number of carbonyl (C=O) groups is 5. The maximum atomic E-state index is 13.1. The van der Waals surface area contributed by atoms with Gasteiger partial charge in [0.05, 0.1) is 6.42 Å². The highest BCUT2D eigenvalue weighted by atomic mass is 16.4. The predicted octanol–water partition coefficient (Wildman–Crippen LogP) is -1.73. The molecule has 1 aliphatic heterocycles. The largest absolute Gasteiger partial charge is 0.481 e. The Morgan fingerprint density at radius 1 is 1.06 bits per heavy atom. The fraction of sp³-hybridized carbons (Fsp3) is 0.455. The molecule has 0 aliphatic carbocycles. The highest BCUT2D eigenvalue weighted by molar-refractivity contribution is 5.99. The van der Waals surface area contributed by atoms with Crippen LogP contribution < -0.4 is 27.8 Å². The molecule has 0 unspecified atom stereocenters. The average molecular weight is 490 g/mol. The van der Waals surface area contributed by atoms with E-state index in [2.05, 4.69) is 15.6 Å². The number of rotatable bonds is 12. The van der Waals surface area contributed by atoms with Crippen LogP contribution in [0.25, 0.3) is 0 Å². The maximum Gasteiger partial charge on any atom is 0.305 e. The minimum absolute atomic E-state index is 0.0895. The number of hydrogen-bond acceptors (Lipinski definition) is 6. The average Bonchev–Trinajstić information content (AvgIpc) is 3.30. The van der Waals surface area contributed by atoms with Crippen molar-refractivity contribution in [2.45, 2.75) is 50.2 Å². The van der Waals surface area contributed by atoms with E-state index in [1.54, 1.807) is 30.3 Å². The zero-order chi connectivity index (χ0) is 26.0. The van der Waals surface area contributed by atoms with Crippen LogP contribution in [0.3, 0.4) is 0 Å². The number of nitrogens with two attached hydrogens (primary N) is 3. The van der Waals surface area contributed by atoms with Gasteiger partial charge in [0.15, 0.2) is 5.96 Å². The highest BCUT2D eigenvalue weighted by Gasteiger charge is 2.36. The summed E-state index contributed by atoms with van der Waals surface area (Å²) in [5, 5.41) is 13.9. The van der Waals surface area contributed by atoms with Gasteiger partial charge in [-0.25, -0.2) is 0 Å². The number of primary amides is 1. The van der Waals surface area contributed by atoms with Gasteiger partial charge in [0.2, 0.25) is 17.7 Å². The SMILES string of the molecule is NC(=O)[C@H](CC(=O)O)NC(=O)[C@H](CCCN=C(N)N)NC(=O)[C@@H]1CCCN1C(=O)c1ccccc1. The lowest BCUT2D eigenvalue weighted by Crippen LogP contribution is -2.56. The molecule has 2 rings (SSSR count). The molecule has 9 N–H and O–H groups in total. The standard InChI is InChI=1S/C22H31N7O6/c23-18(32)15(12-17(30)31)28-19(33)14(8-4-10-26-22(24)25)27-20(34)16-9-5-11-29(16)21(35)13-6-2-1-3-7-13/h1-3,6-7,14-16H,4-5,8-12H2,(H2,23,32)(H,27,34)(H,28,33)(H,30,31)(H4,24,25,26)/t14-,15-,16-/m0/s1. The number of aliphatic carboxylic acids is 1. The minimum Gasteiger partial charge on any atom is -0.481 e. The number of amides is 4. The molecule has 3 atom stereocenters. The molecule has 0 spiro atoms. The molecule has 1 aromatic carbocycles. The van der Waals surface area contributed by atoms with E-state index in [0.29, 0.717) is 31.4 Å². The molecule has 0 saturated carbocycles. The summed E-state index contributed by atoms with van der Waals surface area (Å²) in [5.41, 5.74) is 16.3. The van der Waals surface area contributed by atoms with Gasteiger partial charge in [-0.15, -0.1) is 0 Å². The van der Waals surface area contributed by atoms with Crippen LogP contribution in [0.2, 0.25) is 0 Å². The zero-order valence-electron chi connectivity index (χ0n) is 19.2. The number of nitrogens with zero attached hydrogens (tertiary/aromatic N) is 2. The van der Waals surface area contributed by atoms with Crippen LogP contribution in [0.5, 0.6) is 0 Å². The lowest BCUT2D eigenvalue weighted by Gasteiger charge is -2.27. The van der Waals surface area contributed by atoms with Crippen LogP contribution >= 0.6 is 0 Å². The Morgan fingerprint density at radius 2 is 1.74 bits per heavy atom. The Kier molecular flexibility index (Phi) is 9.99. The van der Waals surface area contributed by atoms with Crippen molar-refractivity contribution in [3.8, 4) is 0 Å². The normalized spacial score (nSPS) is 16.6. The first-order valence-corrected chi connectivity index (χ1v) is 11.1. The van der Waals surface area contributed by atoms with Crippen molar-refractivity contribution in [3.63, 3.8) is 0 Å². The lowest BCUT2D eigenvalue weighted by atomic mass is 10.1. The van der Waals surface area contributed by atoms with Crippen molar-refractivity contribution in [2.24, 2.45) is 22.2 Å². The minimum atomic E-state index is -1.46. The molecule has 0 bridgehead atoms. The Morgan fingerprint density at radius 3 is 2.34 bits per heavy atom. The van der Waals surface area contributed by atoms with Crippen molar-refractivity contribution in [1.82, 2.24) is 15.5 Å². The van der Waals surface area contributed by atoms with Crippen LogP contribution in [-0.4, -0.2) is 76.8 Å². The number of carboxylic acid groups (broad SMARTS) is 1. The summed E-state index contributed by atoms with van der Waals surface area (Å²) >= 11 is 0.